The van der Waals surface area contributed by atoms with E-state index in [1.165, 1.54) is 37.4 Å². The van der Waals surface area contributed by atoms with Crippen LogP contribution in [0.5, 0.6) is 5.75 Å². The van der Waals surface area contributed by atoms with Gasteiger partial charge in [0.1, 0.15) is 5.75 Å². The number of hydrogen-bond donors (Lipinski definition) is 2. The van der Waals surface area contributed by atoms with Gasteiger partial charge in [-0.2, -0.15) is 0 Å². The molecule has 1 amide bonds. The smallest absolute Gasteiger partial charge is 0.337 e. The second kappa shape index (κ2) is 6.19. The summed E-state index contributed by atoms with van der Waals surface area (Å²) in [5.41, 5.74) is 0.0567. The summed E-state index contributed by atoms with van der Waals surface area (Å²) in [7, 11) is 1.42. The van der Waals surface area contributed by atoms with Crippen LogP contribution >= 0.6 is 11.6 Å². The zero-order valence-electron chi connectivity index (χ0n) is 10.8. The number of rotatable bonds is 4. The van der Waals surface area contributed by atoms with Gasteiger partial charge in [0.05, 0.1) is 18.4 Å². The van der Waals surface area contributed by atoms with E-state index >= 15 is 0 Å². The number of carboxylic acids is 1. The molecule has 0 bridgehead atoms. The summed E-state index contributed by atoms with van der Waals surface area (Å²) in [6.45, 7) is 0. The number of hydrogen-bond acceptors (Lipinski definition) is 5. The minimum Gasteiger partial charge on any atom is -0.497 e. The Balaban J connectivity index is 2.28. The molecule has 0 radical (unpaired) electrons. The highest BCUT2D eigenvalue weighted by Crippen LogP contribution is 2.22. The molecule has 0 aliphatic rings. The number of carboxylic acid groups (broad SMARTS) is 1. The molecule has 0 spiro atoms. The van der Waals surface area contributed by atoms with Crippen LogP contribution in [0.25, 0.3) is 0 Å². The Morgan fingerprint density at radius 1 is 1.24 bits per heavy atom. The molecule has 0 saturated carbocycles. The summed E-state index contributed by atoms with van der Waals surface area (Å²) in [4.78, 5) is 23.2. The van der Waals surface area contributed by atoms with E-state index in [2.05, 4.69) is 15.5 Å². The van der Waals surface area contributed by atoms with Gasteiger partial charge in [-0.25, -0.2) is 4.79 Å². The predicted octanol–water partition coefficient (Wildman–Crippen LogP) is 2.09. The molecule has 0 unspecified atom stereocenters. The van der Waals surface area contributed by atoms with Crippen LogP contribution in [0, 0.1) is 0 Å². The zero-order chi connectivity index (χ0) is 15.4. The molecule has 7 nitrogen and oxygen atoms in total. The summed E-state index contributed by atoms with van der Waals surface area (Å²) in [5, 5.41) is 18.9. The Hall–Kier alpha value is -2.67. The van der Waals surface area contributed by atoms with Crippen molar-refractivity contribution in [1.82, 2.24) is 10.2 Å². The van der Waals surface area contributed by atoms with Crippen molar-refractivity contribution in [3.05, 3.63) is 46.7 Å². The molecule has 1 aromatic heterocycles. The van der Waals surface area contributed by atoms with Crippen LogP contribution in [-0.4, -0.2) is 34.3 Å². The topological polar surface area (TPSA) is 101 Å². The molecule has 0 aliphatic carbocycles. The number of nitrogens with zero attached hydrogens (tertiary/aromatic N) is 2. The average molecular weight is 308 g/mol. The summed E-state index contributed by atoms with van der Waals surface area (Å²) in [6, 6.07) is 7.08. The van der Waals surface area contributed by atoms with Crippen LogP contribution in [-0.2, 0) is 0 Å². The van der Waals surface area contributed by atoms with Crippen molar-refractivity contribution in [3.8, 4) is 5.75 Å². The fraction of sp³-hybridized carbons (Fsp3) is 0.0769. The Labute approximate surface area is 124 Å². The van der Waals surface area contributed by atoms with Crippen LogP contribution in [0.15, 0.2) is 30.3 Å². The lowest BCUT2D eigenvalue weighted by molar-refractivity contribution is 0.0697. The molecule has 2 N–H and O–H groups in total. The number of carbonyl (C=O) groups is 2. The molecule has 2 rings (SSSR count). The fourth-order valence-corrected chi connectivity index (χ4v) is 1.66. The second-order valence-electron chi connectivity index (χ2n) is 3.91. The Bertz CT molecular complexity index is 688. The van der Waals surface area contributed by atoms with Crippen molar-refractivity contribution in [1.29, 1.82) is 0 Å². The van der Waals surface area contributed by atoms with Gasteiger partial charge in [-0.3, -0.25) is 4.79 Å². The lowest BCUT2D eigenvalue weighted by atomic mass is 10.1. The number of amides is 1. The first-order valence-electron chi connectivity index (χ1n) is 5.73. The standard InChI is InChI=1S/C13H10ClN3O4/c1-21-7-2-3-9(8(6-7)13(19)20)15-12(18)10-4-5-11(14)17-16-10/h2-6H,1H3,(H,15,18)(H,19,20). The number of halogens is 1. The van der Waals surface area contributed by atoms with E-state index in [0.29, 0.717) is 5.75 Å². The normalized spacial score (nSPS) is 10.0. The van der Waals surface area contributed by atoms with Crippen LogP contribution in [0.3, 0.4) is 0 Å². The van der Waals surface area contributed by atoms with Gasteiger partial charge in [-0.15, -0.1) is 10.2 Å². The maximum absolute atomic E-state index is 12.0. The lowest BCUT2D eigenvalue weighted by Gasteiger charge is -2.09. The number of aromatic nitrogens is 2. The molecule has 21 heavy (non-hydrogen) atoms. The number of benzene rings is 1. The maximum Gasteiger partial charge on any atom is 0.337 e. The minimum absolute atomic E-state index is 0.0200. The Kier molecular flexibility index (Phi) is 4.34. The van der Waals surface area contributed by atoms with E-state index in [1.807, 2.05) is 0 Å². The number of methoxy groups -OCH3 is 1. The highest BCUT2D eigenvalue weighted by molar-refractivity contribution is 6.29. The monoisotopic (exact) mass is 307 g/mol. The first-order chi connectivity index (χ1) is 10.0. The third-order valence-corrected chi connectivity index (χ3v) is 2.77. The number of anilines is 1. The van der Waals surface area contributed by atoms with Crippen molar-refractivity contribution in [2.45, 2.75) is 0 Å². The lowest BCUT2D eigenvalue weighted by Crippen LogP contribution is -2.16. The molecule has 1 aromatic carbocycles. The molecule has 1 heterocycles. The van der Waals surface area contributed by atoms with Gasteiger partial charge in [0.25, 0.3) is 5.91 Å². The molecule has 0 atom stereocenters. The van der Waals surface area contributed by atoms with E-state index in [4.69, 9.17) is 21.4 Å². The van der Waals surface area contributed by atoms with Crippen molar-refractivity contribution in [2.75, 3.05) is 12.4 Å². The fourth-order valence-electron chi connectivity index (χ4n) is 1.56. The summed E-state index contributed by atoms with van der Waals surface area (Å²) in [6.07, 6.45) is 0. The van der Waals surface area contributed by atoms with E-state index < -0.39 is 11.9 Å². The van der Waals surface area contributed by atoms with E-state index in [9.17, 15) is 9.59 Å². The summed E-state index contributed by atoms with van der Waals surface area (Å²) >= 11 is 5.58. The van der Waals surface area contributed by atoms with Crippen LogP contribution in [0.2, 0.25) is 5.15 Å². The average Bonchev–Trinajstić information content (AvgIpc) is 2.48. The quantitative estimate of drug-likeness (QED) is 0.896. The largest absolute Gasteiger partial charge is 0.497 e. The van der Waals surface area contributed by atoms with Gasteiger partial charge in [0, 0.05) is 0 Å². The SMILES string of the molecule is COc1ccc(NC(=O)c2ccc(Cl)nn2)c(C(=O)O)c1. The highest BCUT2D eigenvalue weighted by Gasteiger charge is 2.15. The highest BCUT2D eigenvalue weighted by atomic mass is 35.5. The van der Waals surface area contributed by atoms with Gasteiger partial charge in [-0.1, -0.05) is 11.6 Å². The van der Waals surface area contributed by atoms with Gasteiger partial charge in [0.2, 0.25) is 0 Å². The summed E-state index contributed by atoms with van der Waals surface area (Å²) in [5.74, 6) is -1.41. The molecule has 0 saturated heterocycles. The molecule has 2 aromatic rings. The van der Waals surface area contributed by atoms with Gasteiger partial charge in [-0.05, 0) is 30.3 Å². The number of carbonyl (C=O) groups excluding carboxylic acids is 1. The second-order valence-corrected chi connectivity index (χ2v) is 4.30. The van der Waals surface area contributed by atoms with E-state index in [-0.39, 0.29) is 22.1 Å². The first-order valence-corrected chi connectivity index (χ1v) is 6.11. The van der Waals surface area contributed by atoms with E-state index in [0.717, 1.165) is 0 Å². The number of nitrogens with one attached hydrogen (secondary N) is 1. The van der Waals surface area contributed by atoms with Crippen LogP contribution < -0.4 is 10.1 Å². The number of ether oxygens (including phenoxy) is 1. The molecule has 8 heteroatoms. The van der Waals surface area contributed by atoms with Crippen molar-refractivity contribution in [3.63, 3.8) is 0 Å². The maximum atomic E-state index is 12.0. The third kappa shape index (κ3) is 3.46. The molecular weight excluding hydrogens is 298 g/mol. The van der Waals surface area contributed by atoms with Gasteiger partial charge >= 0.3 is 5.97 Å². The Morgan fingerprint density at radius 2 is 2.00 bits per heavy atom. The summed E-state index contributed by atoms with van der Waals surface area (Å²) < 4.78 is 4.95. The molecular formula is C13H10ClN3O4. The van der Waals surface area contributed by atoms with E-state index in [1.54, 1.807) is 0 Å². The molecule has 0 aliphatic heterocycles. The molecule has 0 fully saturated rings. The Morgan fingerprint density at radius 3 is 2.57 bits per heavy atom. The van der Waals surface area contributed by atoms with Crippen molar-refractivity contribution >= 4 is 29.2 Å². The van der Waals surface area contributed by atoms with Crippen molar-refractivity contribution in [2.24, 2.45) is 0 Å². The third-order valence-electron chi connectivity index (χ3n) is 2.57. The van der Waals surface area contributed by atoms with Gasteiger partial charge < -0.3 is 15.2 Å². The number of aromatic carboxylic acids is 1. The zero-order valence-corrected chi connectivity index (χ0v) is 11.6. The first kappa shape index (κ1) is 14.7. The van der Waals surface area contributed by atoms with Crippen molar-refractivity contribution < 1.29 is 19.4 Å². The predicted molar refractivity (Wildman–Crippen MR) is 74.9 cm³/mol. The van der Waals surface area contributed by atoms with Crippen LogP contribution in [0.1, 0.15) is 20.8 Å². The minimum atomic E-state index is -1.19. The molecule has 108 valence electrons. The van der Waals surface area contributed by atoms with Gasteiger partial charge in [0.15, 0.2) is 10.8 Å². The van der Waals surface area contributed by atoms with Crippen LogP contribution in [0.4, 0.5) is 5.69 Å².